The molecule has 2 N–H and O–H groups in total. The number of rotatable bonds is 4. The largest absolute Gasteiger partial charge is 0.480 e. The highest BCUT2D eigenvalue weighted by Crippen LogP contribution is 2.34. The van der Waals surface area contributed by atoms with Gasteiger partial charge in [0.25, 0.3) is 0 Å². The van der Waals surface area contributed by atoms with Crippen LogP contribution in [-0.2, 0) is 20.8 Å². The molecule has 2 aliphatic heterocycles. The number of aliphatic carboxylic acids is 1. The number of hydrogen-bond donors (Lipinski definition) is 2. The molecule has 1 aromatic carbocycles. The first kappa shape index (κ1) is 17.8. The number of carboxylic acids is 1. The summed E-state index contributed by atoms with van der Waals surface area (Å²) in [7, 11) is 0. The predicted molar refractivity (Wildman–Crippen MR) is 95.1 cm³/mol. The molecule has 2 saturated heterocycles. The summed E-state index contributed by atoms with van der Waals surface area (Å²) in [4.78, 5) is 38.3. The van der Waals surface area contributed by atoms with Gasteiger partial charge in [-0.25, -0.2) is 4.79 Å². The molecule has 0 aliphatic carbocycles. The van der Waals surface area contributed by atoms with Crippen molar-refractivity contribution in [3.63, 3.8) is 0 Å². The Kier molecular flexibility index (Phi) is 5.63. The topological polar surface area (TPSA) is 86.7 Å². The second kappa shape index (κ2) is 7.91. The van der Waals surface area contributed by atoms with E-state index in [0.717, 1.165) is 24.2 Å². The summed E-state index contributed by atoms with van der Waals surface area (Å²) in [5.74, 6) is -0.703. The third-order valence-electron chi connectivity index (χ3n) is 4.67. The van der Waals surface area contributed by atoms with Gasteiger partial charge in [-0.05, 0) is 37.0 Å². The van der Waals surface area contributed by atoms with E-state index in [1.807, 2.05) is 30.3 Å². The van der Waals surface area contributed by atoms with Gasteiger partial charge in [0.05, 0.1) is 11.8 Å². The van der Waals surface area contributed by atoms with Crippen LogP contribution in [0, 0.1) is 0 Å². The van der Waals surface area contributed by atoms with Crippen molar-refractivity contribution in [1.29, 1.82) is 0 Å². The Morgan fingerprint density at radius 3 is 2.68 bits per heavy atom. The van der Waals surface area contributed by atoms with Gasteiger partial charge < -0.3 is 15.3 Å². The minimum atomic E-state index is -0.963. The molecule has 1 aromatic rings. The summed E-state index contributed by atoms with van der Waals surface area (Å²) < 4.78 is 0. The molecule has 2 heterocycles. The van der Waals surface area contributed by atoms with E-state index < -0.39 is 18.1 Å². The second-order valence-corrected chi connectivity index (χ2v) is 7.71. The highest BCUT2D eigenvalue weighted by Gasteiger charge is 2.42. The van der Waals surface area contributed by atoms with Crippen molar-refractivity contribution in [2.45, 2.75) is 49.6 Å². The molecule has 0 aromatic heterocycles. The van der Waals surface area contributed by atoms with Crippen molar-refractivity contribution in [1.82, 2.24) is 10.2 Å². The molecule has 7 heteroatoms. The summed E-state index contributed by atoms with van der Waals surface area (Å²) >= 11 is 1.62. The molecule has 2 amide bonds. The summed E-state index contributed by atoms with van der Waals surface area (Å²) in [5, 5.41) is 12.2. The molecular formula is C18H22N2O4S. The summed E-state index contributed by atoms with van der Waals surface area (Å²) in [6.07, 6.45) is 2.84. The fourth-order valence-corrected chi connectivity index (χ4v) is 4.84. The quantitative estimate of drug-likeness (QED) is 0.850. The molecular weight excluding hydrogens is 340 g/mol. The zero-order valence-corrected chi connectivity index (χ0v) is 14.7. The molecule has 6 nitrogen and oxygen atoms in total. The lowest BCUT2D eigenvalue weighted by Gasteiger charge is -2.39. The monoisotopic (exact) mass is 362 g/mol. The fourth-order valence-electron chi connectivity index (χ4n) is 3.45. The SMILES string of the molecule is O=C(Cc1ccccc1)N[C@H]1CCSC2CCC[C@@H](C(=O)O)N2C1=O. The minimum absolute atomic E-state index is 0.0987. The van der Waals surface area contributed by atoms with Crippen LogP contribution in [-0.4, -0.2) is 51.0 Å². The highest BCUT2D eigenvalue weighted by atomic mass is 32.2. The smallest absolute Gasteiger partial charge is 0.326 e. The molecule has 2 fully saturated rings. The van der Waals surface area contributed by atoms with Crippen molar-refractivity contribution in [3.05, 3.63) is 35.9 Å². The van der Waals surface area contributed by atoms with Gasteiger partial charge in [0, 0.05) is 0 Å². The lowest BCUT2D eigenvalue weighted by molar-refractivity contribution is -0.154. The lowest BCUT2D eigenvalue weighted by atomic mass is 10.00. The zero-order chi connectivity index (χ0) is 17.8. The third-order valence-corrected chi connectivity index (χ3v) is 5.99. The van der Waals surface area contributed by atoms with Gasteiger partial charge in [-0.1, -0.05) is 30.3 Å². The van der Waals surface area contributed by atoms with E-state index in [-0.39, 0.29) is 23.6 Å². The molecule has 0 bridgehead atoms. The number of hydrogen-bond acceptors (Lipinski definition) is 4. The van der Waals surface area contributed by atoms with Crippen LogP contribution in [0.5, 0.6) is 0 Å². The average molecular weight is 362 g/mol. The minimum Gasteiger partial charge on any atom is -0.480 e. The van der Waals surface area contributed by atoms with Crippen molar-refractivity contribution >= 4 is 29.5 Å². The van der Waals surface area contributed by atoms with Crippen LogP contribution in [0.4, 0.5) is 0 Å². The molecule has 1 unspecified atom stereocenters. The van der Waals surface area contributed by atoms with Crippen LogP contribution >= 0.6 is 11.8 Å². The van der Waals surface area contributed by atoms with Crippen LogP contribution in [0.25, 0.3) is 0 Å². The Labute approximate surface area is 151 Å². The summed E-state index contributed by atoms with van der Waals surface area (Å²) in [6.45, 7) is 0. The van der Waals surface area contributed by atoms with Gasteiger partial charge in [-0.2, -0.15) is 0 Å². The van der Waals surface area contributed by atoms with E-state index in [9.17, 15) is 19.5 Å². The number of thioether (sulfide) groups is 1. The van der Waals surface area contributed by atoms with E-state index >= 15 is 0 Å². The molecule has 25 heavy (non-hydrogen) atoms. The summed E-state index contributed by atoms with van der Waals surface area (Å²) in [6, 6.07) is 7.92. The number of benzene rings is 1. The maximum absolute atomic E-state index is 12.9. The van der Waals surface area contributed by atoms with Crippen LogP contribution < -0.4 is 5.32 Å². The highest BCUT2D eigenvalue weighted by molar-refractivity contribution is 7.99. The van der Waals surface area contributed by atoms with Crippen molar-refractivity contribution in [3.8, 4) is 0 Å². The number of piperidine rings is 1. The Morgan fingerprint density at radius 2 is 1.96 bits per heavy atom. The number of carboxylic acid groups (broad SMARTS) is 1. The van der Waals surface area contributed by atoms with Gasteiger partial charge in [0.15, 0.2) is 0 Å². The van der Waals surface area contributed by atoms with Gasteiger partial charge in [-0.15, -0.1) is 11.8 Å². The average Bonchev–Trinajstić information content (AvgIpc) is 2.75. The first-order valence-corrected chi connectivity index (χ1v) is 9.61. The Morgan fingerprint density at radius 1 is 1.20 bits per heavy atom. The van der Waals surface area contributed by atoms with Crippen molar-refractivity contribution in [2.75, 3.05) is 5.75 Å². The number of carbonyl (C=O) groups excluding carboxylic acids is 2. The van der Waals surface area contributed by atoms with Gasteiger partial charge >= 0.3 is 5.97 Å². The standard InChI is InChI=1S/C18H22N2O4S/c21-15(11-12-5-2-1-3-6-12)19-13-9-10-25-16-8-4-7-14(18(23)24)20(16)17(13)22/h1-3,5-6,13-14,16H,4,7-11H2,(H,19,21)(H,23,24)/t13-,14-,16?/m0/s1. The van der Waals surface area contributed by atoms with E-state index in [4.69, 9.17) is 0 Å². The first-order valence-electron chi connectivity index (χ1n) is 8.56. The van der Waals surface area contributed by atoms with E-state index in [1.54, 1.807) is 11.8 Å². The Balaban J connectivity index is 1.70. The predicted octanol–water partition coefficient (Wildman–Crippen LogP) is 1.64. The Bertz CT molecular complexity index is 652. The molecule has 2 aliphatic rings. The molecule has 3 atom stereocenters. The molecule has 0 spiro atoms. The number of amides is 2. The van der Waals surface area contributed by atoms with Crippen LogP contribution in [0.15, 0.2) is 30.3 Å². The van der Waals surface area contributed by atoms with Crippen LogP contribution in [0.3, 0.4) is 0 Å². The van der Waals surface area contributed by atoms with Crippen molar-refractivity contribution < 1.29 is 19.5 Å². The molecule has 0 saturated carbocycles. The molecule has 3 rings (SSSR count). The van der Waals surface area contributed by atoms with Gasteiger partial charge in [0.2, 0.25) is 11.8 Å². The normalized spacial score (nSPS) is 26.5. The maximum Gasteiger partial charge on any atom is 0.326 e. The number of fused-ring (bicyclic) bond motifs is 1. The van der Waals surface area contributed by atoms with Crippen LogP contribution in [0.2, 0.25) is 0 Å². The fraction of sp³-hybridized carbons (Fsp3) is 0.500. The zero-order valence-electron chi connectivity index (χ0n) is 13.9. The third kappa shape index (κ3) is 4.15. The lowest BCUT2D eigenvalue weighted by Crippen LogP contribution is -2.57. The maximum atomic E-state index is 12.9. The van der Waals surface area contributed by atoms with Gasteiger partial charge in [-0.3, -0.25) is 9.59 Å². The Hall–Kier alpha value is -2.02. The van der Waals surface area contributed by atoms with E-state index in [0.29, 0.717) is 12.8 Å². The van der Waals surface area contributed by atoms with Gasteiger partial charge in [0.1, 0.15) is 12.1 Å². The van der Waals surface area contributed by atoms with E-state index in [1.165, 1.54) is 4.90 Å². The van der Waals surface area contributed by atoms with Crippen LogP contribution in [0.1, 0.15) is 31.2 Å². The first-order chi connectivity index (χ1) is 12.1. The number of nitrogens with one attached hydrogen (secondary N) is 1. The molecule has 0 radical (unpaired) electrons. The molecule has 134 valence electrons. The number of nitrogens with zero attached hydrogens (tertiary/aromatic N) is 1. The summed E-state index contributed by atoms with van der Waals surface area (Å²) in [5.41, 5.74) is 0.884. The number of carbonyl (C=O) groups is 3. The second-order valence-electron chi connectivity index (χ2n) is 6.43. The van der Waals surface area contributed by atoms with Crippen molar-refractivity contribution in [2.24, 2.45) is 0 Å². The van der Waals surface area contributed by atoms with E-state index in [2.05, 4.69) is 5.32 Å².